The third kappa shape index (κ3) is 3.07. The summed E-state index contributed by atoms with van der Waals surface area (Å²) in [6, 6.07) is 0.500. The van der Waals surface area contributed by atoms with E-state index in [1.54, 1.807) is 0 Å². The lowest BCUT2D eigenvalue weighted by Gasteiger charge is -2.32. The van der Waals surface area contributed by atoms with Gasteiger partial charge in [-0.1, -0.05) is 13.3 Å². The van der Waals surface area contributed by atoms with E-state index < -0.39 is 0 Å². The molecule has 0 spiro atoms. The summed E-state index contributed by atoms with van der Waals surface area (Å²) >= 11 is 0. The molecule has 2 heterocycles. The Kier molecular flexibility index (Phi) is 4.18. The lowest BCUT2D eigenvalue weighted by molar-refractivity contribution is 0.131. The Morgan fingerprint density at radius 1 is 1.59 bits per heavy atom. The maximum Gasteiger partial charge on any atom is 0.211 e. The van der Waals surface area contributed by atoms with Gasteiger partial charge in [0.15, 0.2) is 0 Å². The molecule has 0 saturated carbocycles. The molecule has 0 aliphatic carbocycles. The highest BCUT2D eigenvalue weighted by Gasteiger charge is 2.26. The van der Waals surface area contributed by atoms with Gasteiger partial charge in [-0.2, -0.15) is 0 Å². The molecule has 1 saturated heterocycles. The highest BCUT2D eigenvalue weighted by molar-refractivity contribution is 5.01. The summed E-state index contributed by atoms with van der Waals surface area (Å²) in [5.74, 6) is 1.79. The van der Waals surface area contributed by atoms with Crippen molar-refractivity contribution in [3.05, 3.63) is 17.8 Å². The van der Waals surface area contributed by atoms with Crippen molar-refractivity contribution < 1.29 is 4.42 Å². The zero-order valence-electron chi connectivity index (χ0n) is 10.9. The number of hydrogen-bond donors (Lipinski definition) is 1. The van der Waals surface area contributed by atoms with Crippen molar-refractivity contribution in [1.82, 2.24) is 9.88 Å². The zero-order valence-corrected chi connectivity index (χ0v) is 10.9. The van der Waals surface area contributed by atoms with Gasteiger partial charge < -0.3 is 10.2 Å². The van der Waals surface area contributed by atoms with Crippen LogP contribution in [0.2, 0.25) is 0 Å². The van der Waals surface area contributed by atoms with Crippen LogP contribution >= 0.6 is 0 Å². The SMILES string of the molecule is CCN1CCCCC1c1ncc(CC(C)N)o1. The van der Waals surface area contributed by atoms with Crippen LogP contribution in [0.3, 0.4) is 0 Å². The number of likely N-dealkylation sites (tertiary alicyclic amines) is 1. The van der Waals surface area contributed by atoms with Crippen LogP contribution in [0, 0.1) is 0 Å². The van der Waals surface area contributed by atoms with Crippen LogP contribution in [0.4, 0.5) is 0 Å². The number of rotatable bonds is 4. The summed E-state index contributed by atoms with van der Waals surface area (Å²) in [5.41, 5.74) is 5.77. The van der Waals surface area contributed by atoms with E-state index in [1.165, 1.54) is 12.8 Å². The highest BCUT2D eigenvalue weighted by Crippen LogP contribution is 2.30. The van der Waals surface area contributed by atoms with Gasteiger partial charge in [-0.05, 0) is 32.9 Å². The van der Waals surface area contributed by atoms with E-state index in [2.05, 4.69) is 16.8 Å². The molecule has 17 heavy (non-hydrogen) atoms. The average Bonchev–Trinajstić information content (AvgIpc) is 2.76. The molecule has 1 aliphatic rings. The minimum absolute atomic E-state index is 0.129. The van der Waals surface area contributed by atoms with Crippen LogP contribution in [-0.2, 0) is 6.42 Å². The van der Waals surface area contributed by atoms with Crippen LogP contribution in [0.15, 0.2) is 10.6 Å². The van der Waals surface area contributed by atoms with Gasteiger partial charge in [0, 0.05) is 12.5 Å². The second-order valence-electron chi connectivity index (χ2n) is 4.99. The molecule has 2 rings (SSSR count). The predicted octanol–water partition coefficient (Wildman–Crippen LogP) is 2.11. The molecule has 1 aromatic rings. The van der Waals surface area contributed by atoms with Crippen molar-refractivity contribution in [1.29, 1.82) is 0 Å². The van der Waals surface area contributed by atoms with Crippen molar-refractivity contribution in [3.8, 4) is 0 Å². The maximum absolute atomic E-state index is 5.83. The van der Waals surface area contributed by atoms with Crippen LogP contribution in [0.1, 0.15) is 50.8 Å². The molecule has 0 radical (unpaired) electrons. The first kappa shape index (κ1) is 12.6. The van der Waals surface area contributed by atoms with E-state index in [0.29, 0.717) is 6.04 Å². The molecule has 2 N–H and O–H groups in total. The lowest BCUT2D eigenvalue weighted by Crippen LogP contribution is -2.33. The molecule has 96 valence electrons. The Hall–Kier alpha value is -0.870. The Morgan fingerprint density at radius 2 is 2.41 bits per heavy atom. The molecule has 0 aromatic carbocycles. The third-order valence-corrected chi connectivity index (χ3v) is 3.40. The molecule has 0 bridgehead atoms. The summed E-state index contributed by atoms with van der Waals surface area (Å²) in [6.07, 6.45) is 6.32. The number of hydrogen-bond acceptors (Lipinski definition) is 4. The fourth-order valence-electron chi connectivity index (χ4n) is 2.54. The number of piperidine rings is 1. The van der Waals surface area contributed by atoms with Crippen LogP contribution < -0.4 is 5.73 Å². The minimum atomic E-state index is 0.129. The number of nitrogens with zero attached hydrogens (tertiary/aromatic N) is 2. The summed E-state index contributed by atoms with van der Waals surface area (Å²) < 4.78 is 5.83. The minimum Gasteiger partial charge on any atom is -0.444 e. The molecule has 1 aromatic heterocycles. The second-order valence-corrected chi connectivity index (χ2v) is 4.99. The molecule has 4 heteroatoms. The van der Waals surface area contributed by atoms with E-state index in [1.807, 2.05) is 13.1 Å². The summed E-state index contributed by atoms with van der Waals surface area (Å²) in [4.78, 5) is 6.88. The van der Waals surface area contributed by atoms with Crippen LogP contribution in [0.5, 0.6) is 0 Å². The Bertz CT molecular complexity index is 348. The fourth-order valence-corrected chi connectivity index (χ4v) is 2.54. The molecule has 0 amide bonds. The first-order valence-corrected chi connectivity index (χ1v) is 6.65. The van der Waals surface area contributed by atoms with E-state index in [-0.39, 0.29) is 6.04 Å². The summed E-state index contributed by atoms with van der Waals surface area (Å²) in [5, 5.41) is 0. The molecule has 1 fully saturated rings. The largest absolute Gasteiger partial charge is 0.444 e. The van der Waals surface area contributed by atoms with E-state index in [9.17, 15) is 0 Å². The fraction of sp³-hybridized carbons (Fsp3) is 0.769. The molecule has 1 aliphatic heterocycles. The zero-order chi connectivity index (χ0) is 12.3. The van der Waals surface area contributed by atoms with E-state index in [0.717, 1.165) is 37.6 Å². The van der Waals surface area contributed by atoms with Crippen LogP contribution in [-0.4, -0.2) is 29.0 Å². The van der Waals surface area contributed by atoms with Gasteiger partial charge in [0.05, 0.1) is 12.2 Å². The van der Waals surface area contributed by atoms with Crippen molar-refractivity contribution in [2.24, 2.45) is 5.73 Å². The molecular formula is C13H23N3O. The van der Waals surface area contributed by atoms with Gasteiger partial charge in [-0.15, -0.1) is 0 Å². The standard InChI is InChI=1S/C13H23N3O/c1-3-16-7-5-4-6-12(16)13-15-9-11(17-13)8-10(2)14/h9-10,12H,3-8,14H2,1-2H3. The first-order chi connectivity index (χ1) is 8.20. The molecule has 2 unspecified atom stereocenters. The lowest BCUT2D eigenvalue weighted by atomic mass is 10.0. The normalized spacial score (nSPS) is 23.8. The van der Waals surface area contributed by atoms with Gasteiger partial charge in [-0.25, -0.2) is 4.98 Å². The summed E-state index contributed by atoms with van der Waals surface area (Å²) in [7, 11) is 0. The number of aromatic nitrogens is 1. The number of nitrogens with two attached hydrogens (primary N) is 1. The molecule has 2 atom stereocenters. The van der Waals surface area contributed by atoms with Crippen molar-refractivity contribution in [2.75, 3.05) is 13.1 Å². The van der Waals surface area contributed by atoms with Crippen molar-refractivity contribution in [2.45, 2.75) is 51.6 Å². The average molecular weight is 237 g/mol. The van der Waals surface area contributed by atoms with Gasteiger partial charge in [0.1, 0.15) is 5.76 Å². The van der Waals surface area contributed by atoms with Gasteiger partial charge >= 0.3 is 0 Å². The highest BCUT2D eigenvalue weighted by atomic mass is 16.4. The van der Waals surface area contributed by atoms with Gasteiger partial charge in [0.25, 0.3) is 0 Å². The van der Waals surface area contributed by atoms with Crippen molar-refractivity contribution >= 4 is 0 Å². The maximum atomic E-state index is 5.83. The Morgan fingerprint density at radius 3 is 3.12 bits per heavy atom. The van der Waals surface area contributed by atoms with E-state index >= 15 is 0 Å². The quantitative estimate of drug-likeness (QED) is 0.871. The second kappa shape index (κ2) is 5.65. The van der Waals surface area contributed by atoms with Gasteiger partial charge in [0.2, 0.25) is 5.89 Å². The Labute approximate surface area is 103 Å². The smallest absolute Gasteiger partial charge is 0.211 e. The molecule has 4 nitrogen and oxygen atoms in total. The summed E-state index contributed by atoms with van der Waals surface area (Å²) in [6.45, 7) is 6.41. The number of oxazole rings is 1. The van der Waals surface area contributed by atoms with Gasteiger partial charge in [-0.3, -0.25) is 4.90 Å². The Balaban J connectivity index is 2.07. The molecular weight excluding hydrogens is 214 g/mol. The van der Waals surface area contributed by atoms with Crippen LogP contribution in [0.25, 0.3) is 0 Å². The first-order valence-electron chi connectivity index (χ1n) is 6.65. The topological polar surface area (TPSA) is 55.3 Å². The van der Waals surface area contributed by atoms with Crippen molar-refractivity contribution in [3.63, 3.8) is 0 Å². The monoisotopic (exact) mass is 237 g/mol. The third-order valence-electron chi connectivity index (χ3n) is 3.40. The predicted molar refractivity (Wildman–Crippen MR) is 67.7 cm³/mol. The van der Waals surface area contributed by atoms with E-state index in [4.69, 9.17) is 10.2 Å².